The fraction of sp³-hybridized carbons (Fsp3) is 0.525. The first-order valence-corrected chi connectivity index (χ1v) is 18.9. The number of alkyl carbamates (subject to hydrolysis) is 1. The van der Waals surface area contributed by atoms with Crippen LogP contribution < -0.4 is 16.4 Å². The zero-order valence-corrected chi connectivity index (χ0v) is 29.8. The van der Waals surface area contributed by atoms with Crippen LogP contribution in [0, 0.1) is 5.92 Å². The van der Waals surface area contributed by atoms with E-state index in [0.29, 0.717) is 62.3 Å². The minimum Gasteiger partial charge on any atom is -0.496 e. The second-order valence-corrected chi connectivity index (χ2v) is 14.3. The number of carbonyl (C=O) groups excluding carboxylic acids is 4. The average Bonchev–Trinajstić information content (AvgIpc) is 3.74. The molecule has 0 unspecified atom stereocenters. The minimum atomic E-state index is -0.946. The minimum absolute atomic E-state index is 0.0891. The number of aromatic nitrogens is 1. The molecule has 2 saturated carbocycles. The molecule has 0 bridgehead atoms. The van der Waals surface area contributed by atoms with Crippen LogP contribution >= 0.6 is 0 Å². The normalized spacial score (nSPS) is 19.9. The third-order valence-corrected chi connectivity index (χ3v) is 10.2. The summed E-state index contributed by atoms with van der Waals surface area (Å²) < 4.78 is 17.5. The molecule has 1 aromatic heterocycles. The van der Waals surface area contributed by atoms with Gasteiger partial charge in [0, 0.05) is 6.42 Å². The molecule has 3 aromatic rings. The highest BCUT2D eigenvalue weighted by Crippen LogP contribution is 2.29. The SMILES string of the molecule is NCCCC[C@H](NC(=O)[C@@H]1C[C@@H](OC=C2CCCCC2)CN1C(=O)[C@@H](CCc1ccccc1)NC(=O)OCC1CC1)C(=O)c1nc2ccccc2o1. The molecular weight excluding hydrogens is 662 g/mol. The van der Waals surface area contributed by atoms with Crippen molar-refractivity contribution in [2.24, 2.45) is 11.7 Å². The molecule has 278 valence electrons. The third-order valence-electron chi connectivity index (χ3n) is 10.2. The molecule has 12 heteroatoms. The summed E-state index contributed by atoms with van der Waals surface area (Å²) in [6, 6.07) is 14.0. The molecule has 0 spiro atoms. The van der Waals surface area contributed by atoms with Crippen molar-refractivity contribution in [3.63, 3.8) is 0 Å². The fourth-order valence-electron chi connectivity index (χ4n) is 6.94. The molecule has 3 fully saturated rings. The third kappa shape index (κ3) is 10.2. The standard InChI is InChI=1S/C40H51N5O7/c41-22-10-9-16-32(36(46)38-43-31-15-7-8-17-35(31)52-38)42-37(47)34-23-30(50-25-28-13-5-2-6-14-28)24-45(34)39(48)33(21-20-27-11-3-1-4-12-27)44-40(49)51-26-29-18-19-29/h1,3-4,7-8,11-12,15,17,25,29-30,32-34H,2,5-6,9-10,13-14,16,18-24,26,41H2,(H,42,47)(H,44,49)/t30-,32+,33-,34+/m1/s1. The number of fused-ring (bicyclic) bond motifs is 1. The average molecular weight is 714 g/mol. The van der Waals surface area contributed by atoms with E-state index in [0.717, 1.165) is 44.1 Å². The number of carbonyl (C=O) groups is 4. The van der Waals surface area contributed by atoms with Crippen molar-refractivity contribution < 1.29 is 33.1 Å². The molecule has 2 aromatic carbocycles. The topological polar surface area (TPSA) is 166 Å². The van der Waals surface area contributed by atoms with E-state index in [1.165, 1.54) is 16.9 Å². The van der Waals surface area contributed by atoms with Crippen LogP contribution in [0.25, 0.3) is 11.1 Å². The van der Waals surface area contributed by atoms with E-state index in [1.54, 1.807) is 24.5 Å². The first kappa shape index (κ1) is 37.1. The van der Waals surface area contributed by atoms with Crippen LogP contribution in [-0.2, 0) is 25.5 Å². The van der Waals surface area contributed by atoms with Crippen molar-refractivity contribution in [1.82, 2.24) is 20.5 Å². The number of amides is 3. The van der Waals surface area contributed by atoms with Gasteiger partial charge in [0.15, 0.2) is 5.58 Å². The van der Waals surface area contributed by atoms with Crippen molar-refractivity contribution >= 4 is 34.8 Å². The van der Waals surface area contributed by atoms with Crippen LogP contribution in [0.4, 0.5) is 4.79 Å². The number of para-hydroxylation sites is 2. The zero-order chi connectivity index (χ0) is 36.3. The van der Waals surface area contributed by atoms with Gasteiger partial charge in [-0.25, -0.2) is 9.78 Å². The first-order chi connectivity index (χ1) is 25.4. The van der Waals surface area contributed by atoms with Gasteiger partial charge in [-0.1, -0.05) is 48.9 Å². The molecule has 4 N–H and O–H groups in total. The summed E-state index contributed by atoms with van der Waals surface area (Å²) in [4.78, 5) is 61.3. The lowest BCUT2D eigenvalue weighted by atomic mass is 9.96. The molecule has 3 aliphatic rings. The van der Waals surface area contributed by atoms with E-state index >= 15 is 0 Å². The second-order valence-electron chi connectivity index (χ2n) is 14.3. The fourth-order valence-corrected chi connectivity index (χ4v) is 6.94. The predicted molar refractivity (Wildman–Crippen MR) is 195 cm³/mol. The highest BCUT2D eigenvalue weighted by atomic mass is 16.5. The van der Waals surface area contributed by atoms with Gasteiger partial charge >= 0.3 is 6.09 Å². The number of aryl methyl sites for hydroxylation is 1. The summed E-state index contributed by atoms with van der Waals surface area (Å²) in [6.45, 7) is 0.903. The zero-order valence-electron chi connectivity index (χ0n) is 29.8. The van der Waals surface area contributed by atoms with Gasteiger partial charge in [0.1, 0.15) is 23.7 Å². The van der Waals surface area contributed by atoms with E-state index in [9.17, 15) is 19.2 Å². The van der Waals surface area contributed by atoms with Crippen LogP contribution in [0.2, 0.25) is 0 Å². The van der Waals surface area contributed by atoms with Crippen LogP contribution in [-0.4, -0.2) is 77.5 Å². The number of nitrogens with two attached hydrogens (primary N) is 1. The molecule has 4 atom stereocenters. The van der Waals surface area contributed by atoms with Crippen molar-refractivity contribution in [3.8, 4) is 0 Å². The number of nitrogens with zero attached hydrogens (tertiary/aromatic N) is 2. The number of unbranched alkanes of at least 4 members (excludes halogenated alkanes) is 1. The number of rotatable bonds is 17. The Morgan fingerprint density at radius 3 is 2.46 bits per heavy atom. The van der Waals surface area contributed by atoms with Crippen molar-refractivity contribution in [2.45, 2.75) is 108 Å². The van der Waals surface area contributed by atoms with Gasteiger partial charge in [-0.2, -0.15) is 0 Å². The molecule has 2 aliphatic carbocycles. The van der Waals surface area contributed by atoms with E-state index in [4.69, 9.17) is 19.6 Å². The molecule has 3 amide bonds. The van der Waals surface area contributed by atoms with Crippen molar-refractivity contribution in [3.05, 3.63) is 77.9 Å². The van der Waals surface area contributed by atoms with Gasteiger partial charge in [0.25, 0.3) is 5.89 Å². The number of hydrogen-bond acceptors (Lipinski definition) is 9. The van der Waals surface area contributed by atoms with E-state index in [1.807, 2.05) is 36.4 Å². The van der Waals surface area contributed by atoms with Crippen molar-refractivity contribution in [2.75, 3.05) is 19.7 Å². The number of nitrogens with one attached hydrogen (secondary N) is 2. The highest BCUT2D eigenvalue weighted by molar-refractivity contribution is 6.01. The van der Waals surface area contributed by atoms with Crippen LogP contribution in [0.1, 0.15) is 93.3 Å². The van der Waals surface area contributed by atoms with Crippen LogP contribution in [0.15, 0.2) is 70.8 Å². The number of hydrogen-bond donors (Lipinski definition) is 3. The lowest BCUT2D eigenvalue weighted by Crippen LogP contribution is -2.55. The smallest absolute Gasteiger partial charge is 0.407 e. The Morgan fingerprint density at radius 2 is 1.71 bits per heavy atom. The predicted octanol–water partition coefficient (Wildman–Crippen LogP) is 5.60. The lowest BCUT2D eigenvalue weighted by Gasteiger charge is -2.29. The maximum atomic E-state index is 14.5. The maximum absolute atomic E-state index is 14.5. The van der Waals surface area contributed by atoms with E-state index in [2.05, 4.69) is 15.6 Å². The molecule has 1 aliphatic heterocycles. The molecule has 1 saturated heterocycles. The Morgan fingerprint density at radius 1 is 0.942 bits per heavy atom. The number of likely N-dealkylation sites (tertiary alicyclic amines) is 1. The summed E-state index contributed by atoms with van der Waals surface area (Å²) in [5.74, 6) is -1.06. The molecule has 0 radical (unpaired) electrons. The Labute approximate surface area is 304 Å². The van der Waals surface area contributed by atoms with Crippen molar-refractivity contribution in [1.29, 1.82) is 0 Å². The van der Waals surface area contributed by atoms with Crippen LogP contribution in [0.3, 0.4) is 0 Å². The molecule has 12 nitrogen and oxygen atoms in total. The molecule has 6 rings (SSSR count). The van der Waals surface area contributed by atoms with Gasteiger partial charge in [-0.3, -0.25) is 14.4 Å². The summed E-state index contributed by atoms with van der Waals surface area (Å²) in [5.41, 5.74) is 9.02. The number of ether oxygens (including phenoxy) is 2. The monoisotopic (exact) mass is 713 g/mol. The first-order valence-electron chi connectivity index (χ1n) is 18.9. The Bertz CT molecular complexity index is 1660. The van der Waals surface area contributed by atoms with Gasteiger partial charge < -0.3 is 35.2 Å². The highest BCUT2D eigenvalue weighted by Gasteiger charge is 2.44. The second kappa shape index (κ2) is 18.2. The number of oxazole rings is 1. The molecule has 2 heterocycles. The quantitative estimate of drug-likeness (QED) is 0.0918. The Balaban J connectivity index is 1.22. The maximum Gasteiger partial charge on any atom is 0.407 e. The Kier molecular flexibility index (Phi) is 12.9. The van der Waals surface area contributed by atoms with Crippen LogP contribution in [0.5, 0.6) is 0 Å². The van der Waals surface area contributed by atoms with E-state index < -0.39 is 47.9 Å². The van der Waals surface area contributed by atoms with Gasteiger partial charge in [0.05, 0.1) is 25.5 Å². The number of benzene rings is 2. The van der Waals surface area contributed by atoms with E-state index in [-0.39, 0.29) is 18.9 Å². The number of Topliss-reactive ketones (excluding diaryl/α,β-unsaturated/α-hetero) is 1. The van der Waals surface area contributed by atoms with Gasteiger partial charge in [0.2, 0.25) is 17.6 Å². The van der Waals surface area contributed by atoms with Gasteiger partial charge in [-0.15, -0.1) is 0 Å². The lowest BCUT2D eigenvalue weighted by molar-refractivity contribution is -0.140. The number of allylic oxidation sites excluding steroid dienone is 1. The summed E-state index contributed by atoms with van der Waals surface area (Å²) in [6.07, 6.45) is 10.7. The van der Waals surface area contributed by atoms with Gasteiger partial charge in [-0.05, 0) is 106 Å². The molecule has 52 heavy (non-hydrogen) atoms. The molecular formula is C40H51N5O7. The largest absolute Gasteiger partial charge is 0.496 e. The number of ketones is 1. The summed E-state index contributed by atoms with van der Waals surface area (Å²) in [5, 5.41) is 5.75. The summed E-state index contributed by atoms with van der Waals surface area (Å²) >= 11 is 0. The summed E-state index contributed by atoms with van der Waals surface area (Å²) in [7, 11) is 0. The Hall–Kier alpha value is -4.71.